The molecule has 0 bridgehead atoms. The van der Waals surface area contributed by atoms with Crippen LogP contribution in [0.4, 0.5) is 10.2 Å². The van der Waals surface area contributed by atoms with Crippen molar-refractivity contribution in [2.75, 3.05) is 6.61 Å². The highest BCUT2D eigenvalue weighted by Crippen LogP contribution is 2.23. The zero-order chi connectivity index (χ0) is 18.8. The molecule has 3 heterocycles. The Balaban J connectivity index is 1.41. The molecule has 1 aromatic carbocycles. The van der Waals surface area contributed by atoms with Crippen LogP contribution < -0.4 is 4.74 Å². The fourth-order valence-electron chi connectivity index (χ4n) is 2.84. The second-order valence-electron chi connectivity index (χ2n) is 6.08. The Kier molecular flexibility index (Phi) is 4.51. The van der Waals surface area contributed by atoms with Gasteiger partial charge in [0.05, 0.1) is 18.8 Å². The van der Waals surface area contributed by atoms with E-state index in [4.69, 9.17) is 9.47 Å². The average Bonchev–Trinajstić information content (AvgIpc) is 3.11. The van der Waals surface area contributed by atoms with E-state index in [0.29, 0.717) is 6.54 Å². The molecular formula is C18H15FN4O4. The van der Waals surface area contributed by atoms with Gasteiger partial charge in [-0.15, -0.1) is 0 Å². The Morgan fingerprint density at radius 2 is 2.11 bits per heavy atom. The van der Waals surface area contributed by atoms with Crippen molar-refractivity contribution in [2.45, 2.75) is 19.3 Å². The van der Waals surface area contributed by atoms with E-state index >= 15 is 0 Å². The number of imidazole rings is 1. The molecule has 0 fully saturated rings. The van der Waals surface area contributed by atoms with Crippen LogP contribution in [-0.2, 0) is 17.9 Å². The zero-order valence-electron chi connectivity index (χ0n) is 14.1. The molecular weight excluding hydrogens is 355 g/mol. The van der Waals surface area contributed by atoms with E-state index in [9.17, 15) is 14.5 Å². The molecule has 0 saturated heterocycles. The van der Waals surface area contributed by atoms with Crippen LogP contribution in [0.3, 0.4) is 0 Å². The Hall–Kier alpha value is -3.33. The van der Waals surface area contributed by atoms with E-state index in [-0.39, 0.29) is 37.0 Å². The first-order valence-electron chi connectivity index (χ1n) is 8.25. The van der Waals surface area contributed by atoms with Crippen molar-refractivity contribution in [1.29, 1.82) is 0 Å². The van der Waals surface area contributed by atoms with Gasteiger partial charge in [0.2, 0.25) is 0 Å². The Bertz CT molecular complexity index is 974. The number of pyridine rings is 1. The van der Waals surface area contributed by atoms with E-state index < -0.39 is 4.92 Å². The van der Waals surface area contributed by atoms with Crippen molar-refractivity contribution in [3.8, 4) is 17.1 Å². The van der Waals surface area contributed by atoms with Gasteiger partial charge >= 0.3 is 11.8 Å². The molecule has 1 atom stereocenters. The fourth-order valence-corrected chi connectivity index (χ4v) is 2.84. The lowest BCUT2D eigenvalue weighted by atomic mass is 10.1. The summed E-state index contributed by atoms with van der Waals surface area (Å²) in [5.41, 5.74) is 2.52. The maximum atomic E-state index is 13.1. The first kappa shape index (κ1) is 17.1. The van der Waals surface area contributed by atoms with Crippen molar-refractivity contribution in [3.63, 3.8) is 0 Å². The lowest BCUT2D eigenvalue weighted by Gasteiger charge is -2.22. The van der Waals surface area contributed by atoms with Crippen molar-refractivity contribution in [1.82, 2.24) is 14.5 Å². The topological polar surface area (TPSA) is 92.3 Å². The Morgan fingerprint density at radius 3 is 2.89 bits per heavy atom. The summed E-state index contributed by atoms with van der Waals surface area (Å²) < 4.78 is 25.9. The number of hydrogen-bond acceptors (Lipinski definition) is 6. The van der Waals surface area contributed by atoms with Crippen LogP contribution in [0.2, 0.25) is 0 Å². The van der Waals surface area contributed by atoms with Crippen LogP contribution in [0.1, 0.15) is 5.69 Å². The smallest absolute Gasteiger partial charge is 0.414 e. The van der Waals surface area contributed by atoms with Crippen molar-refractivity contribution < 1.29 is 18.8 Å². The van der Waals surface area contributed by atoms with E-state index in [1.807, 2.05) is 12.1 Å². The van der Waals surface area contributed by atoms with E-state index in [2.05, 4.69) is 9.97 Å². The third-order valence-corrected chi connectivity index (χ3v) is 4.17. The lowest BCUT2D eigenvalue weighted by molar-refractivity contribution is -0.389. The maximum absolute atomic E-state index is 13.1. The molecule has 1 aliphatic heterocycles. The van der Waals surface area contributed by atoms with Crippen LogP contribution in [0.25, 0.3) is 11.1 Å². The zero-order valence-corrected chi connectivity index (χ0v) is 14.1. The summed E-state index contributed by atoms with van der Waals surface area (Å²) in [5.74, 6) is -0.535. The normalized spacial score (nSPS) is 15.8. The quantitative estimate of drug-likeness (QED) is 0.506. The van der Waals surface area contributed by atoms with Crippen LogP contribution in [-0.4, -0.2) is 32.2 Å². The standard InChI is InChI=1S/C18H15FN4O4/c19-14-3-1-12(2-4-14)13-5-6-20-15(7-13)10-26-16-8-22-9-17(23(24)25)21-18(22)27-11-16/h1-7,9,16H,8,10-11H2/t16-/m0/s1. The SMILES string of the molecule is O=[N+]([O-])c1cn2c(n1)OC[C@@H](OCc1cc(-c3ccc(F)cc3)ccn1)C2. The molecule has 0 saturated carbocycles. The van der Waals surface area contributed by atoms with Gasteiger partial charge in [-0.05, 0) is 40.3 Å². The molecule has 3 aromatic rings. The van der Waals surface area contributed by atoms with Gasteiger partial charge < -0.3 is 19.6 Å². The van der Waals surface area contributed by atoms with Gasteiger partial charge in [0.25, 0.3) is 0 Å². The highest BCUT2D eigenvalue weighted by atomic mass is 19.1. The minimum Gasteiger partial charge on any atom is -0.443 e. The van der Waals surface area contributed by atoms with Gasteiger partial charge in [-0.25, -0.2) is 4.39 Å². The predicted octanol–water partition coefficient (Wildman–Crippen LogP) is 2.97. The minimum atomic E-state index is -0.560. The number of nitro groups is 1. The Labute approximate surface area is 153 Å². The molecule has 0 amide bonds. The van der Waals surface area contributed by atoms with Gasteiger partial charge in [-0.3, -0.25) is 9.55 Å². The van der Waals surface area contributed by atoms with Gasteiger partial charge in [0.1, 0.15) is 24.7 Å². The Morgan fingerprint density at radius 1 is 1.30 bits per heavy atom. The van der Waals surface area contributed by atoms with Gasteiger partial charge in [0.15, 0.2) is 0 Å². The third kappa shape index (κ3) is 3.77. The maximum Gasteiger partial charge on any atom is 0.414 e. The highest BCUT2D eigenvalue weighted by molar-refractivity contribution is 5.63. The lowest BCUT2D eigenvalue weighted by Crippen LogP contribution is -2.32. The molecule has 0 spiro atoms. The summed E-state index contributed by atoms with van der Waals surface area (Å²) in [5, 5.41) is 10.8. The molecule has 9 heteroatoms. The van der Waals surface area contributed by atoms with E-state index in [1.165, 1.54) is 18.3 Å². The largest absolute Gasteiger partial charge is 0.443 e. The van der Waals surface area contributed by atoms with Crippen molar-refractivity contribution >= 4 is 5.82 Å². The first-order chi connectivity index (χ1) is 13.1. The number of hydrogen-bond donors (Lipinski definition) is 0. The number of rotatable bonds is 5. The predicted molar refractivity (Wildman–Crippen MR) is 92.6 cm³/mol. The summed E-state index contributed by atoms with van der Waals surface area (Å²) in [4.78, 5) is 18.3. The summed E-state index contributed by atoms with van der Waals surface area (Å²) in [7, 11) is 0. The molecule has 0 aliphatic carbocycles. The molecule has 4 rings (SSSR count). The second-order valence-corrected chi connectivity index (χ2v) is 6.08. The number of aromatic nitrogens is 3. The average molecular weight is 370 g/mol. The number of ether oxygens (including phenoxy) is 2. The van der Waals surface area contributed by atoms with Crippen molar-refractivity contribution in [2.24, 2.45) is 0 Å². The molecule has 138 valence electrons. The molecule has 27 heavy (non-hydrogen) atoms. The molecule has 0 radical (unpaired) electrons. The van der Waals surface area contributed by atoms with Gasteiger partial charge in [0, 0.05) is 11.2 Å². The van der Waals surface area contributed by atoms with Gasteiger partial charge in [-0.1, -0.05) is 12.1 Å². The fraction of sp³-hybridized carbons (Fsp3) is 0.222. The van der Waals surface area contributed by atoms with Crippen LogP contribution in [0, 0.1) is 15.9 Å². The second kappa shape index (κ2) is 7.12. The number of fused-ring (bicyclic) bond motifs is 1. The monoisotopic (exact) mass is 370 g/mol. The first-order valence-corrected chi connectivity index (χ1v) is 8.25. The summed E-state index contributed by atoms with van der Waals surface area (Å²) in [6.45, 7) is 0.925. The van der Waals surface area contributed by atoms with Crippen LogP contribution in [0.5, 0.6) is 6.01 Å². The summed E-state index contributed by atoms with van der Waals surface area (Å²) in [6.07, 6.45) is 2.73. The molecule has 0 N–H and O–H groups in total. The summed E-state index contributed by atoms with van der Waals surface area (Å²) in [6, 6.07) is 10.2. The van der Waals surface area contributed by atoms with Gasteiger partial charge in [-0.2, -0.15) is 0 Å². The molecule has 1 aliphatic rings. The van der Waals surface area contributed by atoms with Crippen LogP contribution in [0.15, 0.2) is 48.8 Å². The summed E-state index contributed by atoms with van der Waals surface area (Å²) >= 11 is 0. The van der Waals surface area contributed by atoms with Crippen molar-refractivity contribution in [3.05, 3.63) is 70.4 Å². The minimum absolute atomic E-state index is 0.220. The van der Waals surface area contributed by atoms with Crippen LogP contribution >= 0.6 is 0 Å². The number of benzene rings is 1. The highest BCUT2D eigenvalue weighted by Gasteiger charge is 2.28. The number of halogens is 1. The van der Waals surface area contributed by atoms with E-state index in [1.54, 1.807) is 22.9 Å². The molecule has 2 aromatic heterocycles. The van der Waals surface area contributed by atoms with E-state index in [0.717, 1.165) is 16.8 Å². The molecule has 8 nitrogen and oxygen atoms in total. The number of nitrogens with zero attached hydrogens (tertiary/aromatic N) is 4. The molecule has 0 unspecified atom stereocenters. The third-order valence-electron chi connectivity index (χ3n) is 4.17.